The number of carboxylic acid groups (broad SMARTS) is 1. The number of carboxylic acids is 1. The van der Waals surface area contributed by atoms with Crippen LogP contribution in [0.3, 0.4) is 0 Å². The number of rotatable bonds is 10. The van der Waals surface area contributed by atoms with Crippen molar-refractivity contribution in [2.75, 3.05) is 13.7 Å². The summed E-state index contributed by atoms with van der Waals surface area (Å²) in [5.74, 6) is -1.97. The third-order valence-corrected chi connectivity index (χ3v) is 6.12. The van der Waals surface area contributed by atoms with Crippen molar-refractivity contribution in [3.63, 3.8) is 0 Å². The Labute approximate surface area is 205 Å². The molecule has 3 rings (SSSR count). The van der Waals surface area contributed by atoms with Crippen LogP contribution in [-0.2, 0) is 19.1 Å². The molecule has 1 aliphatic carbocycles. The van der Waals surface area contributed by atoms with Gasteiger partial charge in [-0.2, -0.15) is 0 Å². The minimum absolute atomic E-state index is 0.106. The maximum atomic E-state index is 12.9. The van der Waals surface area contributed by atoms with Crippen LogP contribution in [0.5, 0.6) is 0 Å². The summed E-state index contributed by atoms with van der Waals surface area (Å²) >= 11 is 0. The smallest absolute Gasteiger partial charge is 0.407 e. The first-order valence-electron chi connectivity index (χ1n) is 11.5. The van der Waals surface area contributed by atoms with E-state index in [1.165, 1.54) is 7.11 Å². The zero-order valence-corrected chi connectivity index (χ0v) is 20.4. The predicted molar refractivity (Wildman–Crippen MR) is 132 cm³/mol. The maximum absolute atomic E-state index is 12.9. The molecule has 186 valence electrons. The van der Waals surface area contributed by atoms with Crippen LogP contribution in [0.2, 0.25) is 0 Å². The molecule has 8 heteroatoms. The fourth-order valence-corrected chi connectivity index (χ4v) is 4.14. The van der Waals surface area contributed by atoms with Crippen molar-refractivity contribution in [1.29, 1.82) is 0 Å². The van der Waals surface area contributed by atoms with E-state index in [4.69, 9.17) is 9.47 Å². The summed E-state index contributed by atoms with van der Waals surface area (Å²) in [5, 5.41) is 14.5. The largest absolute Gasteiger partial charge is 0.480 e. The molecule has 0 spiro atoms. The van der Waals surface area contributed by atoms with Crippen LogP contribution in [-0.4, -0.2) is 55.0 Å². The average Bonchev–Trinajstić information content (AvgIpc) is 3.16. The van der Waals surface area contributed by atoms with E-state index >= 15 is 0 Å². The summed E-state index contributed by atoms with van der Waals surface area (Å²) in [6, 6.07) is 13.7. The second-order valence-corrected chi connectivity index (χ2v) is 8.80. The number of alkyl carbamates (subject to hydrolysis) is 1. The van der Waals surface area contributed by atoms with Gasteiger partial charge in [-0.25, -0.2) is 9.59 Å². The number of allylic oxidation sites excluding steroid dienone is 1. The number of hydrogen-bond donors (Lipinski definition) is 3. The van der Waals surface area contributed by atoms with Gasteiger partial charge in [-0.1, -0.05) is 60.2 Å². The van der Waals surface area contributed by atoms with Crippen molar-refractivity contribution in [1.82, 2.24) is 10.6 Å². The Bertz CT molecular complexity index is 1060. The van der Waals surface area contributed by atoms with Crippen LogP contribution in [0, 0.1) is 0 Å². The molecule has 0 saturated carbocycles. The van der Waals surface area contributed by atoms with Gasteiger partial charge in [-0.3, -0.25) is 4.79 Å². The van der Waals surface area contributed by atoms with Gasteiger partial charge in [-0.05, 0) is 49.4 Å². The van der Waals surface area contributed by atoms with E-state index in [9.17, 15) is 19.5 Å². The van der Waals surface area contributed by atoms with Gasteiger partial charge in [0.1, 0.15) is 12.6 Å². The molecular weight excluding hydrogens is 448 g/mol. The molecule has 0 fully saturated rings. The lowest BCUT2D eigenvalue weighted by molar-refractivity contribution is -0.145. The third kappa shape index (κ3) is 6.27. The highest BCUT2D eigenvalue weighted by atomic mass is 16.5. The normalized spacial score (nSPS) is 14.6. The summed E-state index contributed by atoms with van der Waals surface area (Å²) in [6.07, 6.45) is 0.478. The highest BCUT2D eigenvalue weighted by Crippen LogP contribution is 2.44. The molecule has 0 aromatic heterocycles. The van der Waals surface area contributed by atoms with Crippen LogP contribution in [0.15, 0.2) is 60.2 Å². The molecule has 3 N–H and O–H groups in total. The molecule has 1 unspecified atom stereocenters. The Balaban J connectivity index is 1.70. The molecule has 3 atom stereocenters. The number of aliphatic carboxylic acids is 1. The van der Waals surface area contributed by atoms with Crippen LogP contribution in [0.25, 0.3) is 11.1 Å². The van der Waals surface area contributed by atoms with Crippen LogP contribution >= 0.6 is 0 Å². The fraction of sp³-hybridized carbons (Fsp3) is 0.370. The van der Waals surface area contributed by atoms with E-state index in [1.807, 2.05) is 62.4 Å². The topological polar surface area (TPSA) is 114 Å². The van der Waals surface area contributed by atoms with Crippen molar-refractivity contribution in [3.05, 3.63) is 71.3 Å². The first-order valence-corrected chi connectivity index (χ1v) is 11.5. The lowest BCUT2D eigenvalue weighted by Crippen LogP contribution is -2.55. The van der Waals surface area contributed by atoms with Crippen molar-refractivity contribution in [2.24, 2.45) is 0 Å². The van der Waals surface area contributed by atoms with E-state index in [0.717, 1.165) is 27.8 Å². The SMILES string of the molecule is CO[C@H](C)[C@H](NC(=O)C(CC=C(C)C)NC(=O)OCC1c2ccccc2-c2ccccc21)C(=O)O. The van der Waals surface area contributed by atoms with Gasteiger partial charge in [-0.15, -0.1) is 0 Å². The zero-order chi connectivity index (χ0) is 25.5. The molecule has 1 aliphatic rings. The van der Waals surface area contributed by atoms with E-state index < -0.39 is 36.2 Å². The summed E-state index contributed by atoms with van der Waals surface area (Å²) < 4.78 is 10.6. The maximum Gasteiger partial charge on any atom is 0.407 e. The number of methoxy groups -OCH3 is 1. The molecule has 2 aromatic carbocycles. The number of carbonyl (C=O) groups excluding carboxylic acids is 2. The number of benzene rings is 2. The van der Waals surface area contributed by atoms with Gasteiger partial charge in [0.15, 0.2) is 6.04 Å². The molecule has 0 bridgehead atoms. The lowest BCUT2D eigenvalue weighted by Gasteiger charge is -2.24. The minimum atomic E-state index is -1.26. The lowest BCUT2D eigenvalue weighted by atomic mass is 9.98. The summed E-state index contributed by atoms with van der Waals surface area (Å²) in [6.45, 7) is 5.39. The highest BCUT2D eigenvalue weighted by molar-refractivity contribution is 5.89. The second kappa shape index (κ2) is 11.7. The van der Waals surface area contributed by atoms with E-state index in [0.29, 0.717) is 0 Å². The number of ether oxygens (including phenoxy) is 2. The first kappa shape index (κ1) is 26.0. The highest BCUT2D eigenvalue weighted by Gasteiger charge is 2.32. The standard InChI is InChI=1S/C27H32N2O6/c1-16(2)13-14-23(25(30)29-24(26(31)32)17(3)34-4)28-27(33)35-15-22-20-11-7-5-9-18(20)19-10-6-8-12-21(19)22/h5-13,17,22-24H,14-15H2,1-4H3,(H,28,33)(H,29,30)(H,31,32)/t17-,23?,24+/m1/s1. The number of nitrogens with one attached hydrogen (secondary N) is 2. The van der Waals surface area contributed by atoms with Gasteiger partial charge in [0.05, 0.1) is 6.10 Å². The monoisotopic (exact) mass is 480 g/mol. The average molecular weight is 481 g/mol. The predicted octanol–water partition coefficient (Wildman–Crippen LogP) is 3.85. The number of hydrogen-bond acceptors (Lipinski definition) is 5. The Kier molecular flexibility index (Phi) is 8.65. The molecule has 2 aromatic rings. The van der Waals surface area contributed by atoms with Crippen molar-refractivity contribution in [2.45, 2.75) is 51.3 Å². The molecule has 0 saturated heterocycles. The fourth-order valence-electron chi connectivity index (χ4n) is 4.14. The summed E-state index contributed by atoms with van der Waals surface area (Å²) in [7, 11) is 1.36. The number of amides is 2. The molecule has 8 nitrogen and oxygen atoms in total. The van der Waals surface area contributed by atoms with Gasteiger partial charge in [0.25, 0.3) is 0 Å². The van der Waals surface area contributed by atoms with Crippen molar-refractivity contribution in [3.8, 4) is 11.1 Å². The zero-order valence-electron chi connectivity index (χ0n) is 20.4. The summed E-state index contributed by atoms with van der Waals surface area (Å²) in [5.41, 5.74) is 5.35. The number of fused-ring (bicyclic) bond motifs is 3. The van der Waals surface area contributed by atoms with Gasteiger partial charge >= 0.3 is 12.1 Å². The third-order valence-electron chi connectivity index (χ3n) is 6.12. The molecule has 2 amide bonds. The Morgan fingerprint density at radius 3 is 2.09 bits per heavy atom. The molecule has 0 radical (unpaired) electrons. The Morgan fingerprint density at radius 2 is 1.57 bits per heavy atom. The second-order valence-electron chi connectivity index (χ2n) is 8.80. The minimum Gasteiger partial charge on any atom is -0.480 e. The Morgan fingerprint density at radius 1 is 1.00 bits per heavy atom. The van der Waals surface area contributed by atoms with Gasteiger partial charge in [0, 0.05) is 13.0 Å². The van der Waals surface area contributed by atoms with Gasteiger partial charge in [0.2, 0.25) is 5.91 Å². The molecule has 0 heterocycles. The van der Waals surface area contributed by atoms with Crippen LogP contribution < -0.4 is 10.6 Å². The number of carbonyl (C=O) groups is 3. The first-order chi connectivity index (χ1) is 16.7. The van der Waals surface area contributed by atoms with E-state index in [2.05, 4.69) is 10.6 Å². The molecule has 35 heavy (non-hydrogen) atoms. The van der Waals surface area contributed by atoms with Crippen molar-refractivity contribution < 1.29 is 29.0 Å². The quantitative estimate of drug-likeness (QED) is 0.445. The van der Waals surface area contributed by atoms with Crippen molar-refractivity contribution >= 4 is 18.0 Å². The van der Waals surface area contributed by atoms with Gasteiger partial charge < -0.3 is 25.2 Å². The summed E-state index contributed by atoms with van der Waals surface area (Å²) in [4.78, 5) is 37.2. The molecule has 0 aliphatic heterocycles. The molecular formula is C27H32N2O6. The van der Waals surface area contributed by atoms with E-state index in [1.54, 1.807) is 13.0 Å². The Hall–Kier alpha value is -3.65. The van der Waals surface area contributed by atoms with Crippen LogP contribution in [0.1, 0.15) is 44.2 Å². The van der Waals surface area contributed by atoms with Crippen LogP contribution in [0.4, 0.5) is 4.79 Å². The van der Waals surface area contributed by atoms with E-state index in [-0.39, 0.29) is 18.9 Å².